The van der Waals surface area contributed by atoms with Crippen molar-refractivity contribution in [3.05, 3.63) is 77.5 Å². The molecule has 160 valence electrons. The molecule has 32 heavy (non-hydrogen) atoms. The number of rotatable bonds is 7. The molecular formula is C24H24N8. The van der Waals surface area contributed by atoms with Crippen molar-refractivity contribution in [2.24, 2.45) is 0 Å². The molecule has 0 spiro atoms. The van der Waals surface area contributed by atoms with Gasteiger partial charge in [-0.2, -0.15) is 9.61 Å². The molecule has 3 heterocycles. The summed E-state index contributed by atoms with van der Waals surface area (Å²) in [7, 11) is 0. The average Bonchev–Trinajstić information content (AvgIpc) is 3.53. The Morgan fingerprint density at radius 3 is 2.56 bits per heavy atom. The van der Waals surface area contributed by atoms with E-state index < -0.39 is 0 Å². The summed E-state index contributed by atoms with van der Waals surface area (Å²) in [6, 6.07) is 16.7. The van der Waals surface area contributed by atoms with Crippen molar-refractivity contribution in [1.82, 2.24) is 40.2 Å². The maximum atomic E-state index is 4.85. The highest BCUT2D eigenvalue weighted by molar-refractivity contribution is 5.80. The summed E-state index contributed by atoms with van der Waals surface area (Å²) in [6.07, 6.45) is 5.56. The number of nitrogens with zero attached hydrogens (tertiary/aromatic N) is 7. The fourth-order valence-corrected chi connectivity index (χ4v) is 4.08. The zero-order valence-corrected chi connectivity index (χ0v) is 18.2. The normalized spacial score (nSPS) is 11.3. The molecule has 0 aliphatic rings. The third-order valence-electron chi connectivity index (χ3n) is 5.71. The number of nitrogens with one attached hydrogen (secondary N) is 1. The van der Waals surface area contributed by atoms with Gasteiger partial charge in [0.1, 0.15) is 12.2 Å². The lowest BCUT2D eigenvalue weighted by Crippen LogP contribution is -2.08. The fraction of sp³-hybridized carbons (Fsp3) is 0.250. The minimum atomic E-state index is 0.658. The van der Waals surface area contributed by atoms with E-state index in [9.17, 15) is 0 Å². The summed E-state index contributed by atoms with van der Waals surface area (Å²) in [6.45, 7) is 4.19. The summed E-state index contributed by atoms with van der Waals surface area (Å²) in [4.78, 5) is 9.39. The van der Waals surface area contributed by atoms with Crippen LogP contribution in [0.5, 0.6) is 0 Å². The number of unbranched alkanes of at least 4 members (excludes halogenated alkanes) is 1. The first-order valence-electron chi connectivity index (χ1n) is 10.8. The quantitative estimate of drug-likeness (QED) is 0.420. The lowest BCUT2D eigenvalue weighted by molar-refractivity contribution is 0.744. The highest BCUT2D eigenvalue weighted by Crippen LogP contribution is 2.30. The Balaban J connectivity index is 1.49. The van der Waals surface area contributed by atoms with Gasteiger partial charge in [0.05, 0.1) is 0 Å². The number of tetrazole rings is 1. The second-order valence-electron chi connectivity index (χ2n) is 7.85. The number of hydrogen-bond acceptors (Lipinski definition) is 6. The van der Waals surface area contributed by atoms with E-state index in [2.05, 4.69) is 68.0 Å². The van der Waals surface area contributed by atoms with Crippen LogP contribution in [0, 0.1) is 6.92 Å². The molecule has 5 aromatic rings. The molecule has 0 aliphatic heterocycles. The second-order valence-corrected chi connectivity index (χ2v) is 7.85. The number of hydrogen-bond donors (Lipinski definition) is 1. The van der Waals surface area contributed by atoms with Crippen molar-refractivity contribution in [1.29, 1.82) is 0 Å². The first-order chi connectivity index (χ1) is 15.7. The Morgan fingerprint density at radius 1 is 1.00 bits per heavy atom. The number of aromatic nitrogens is 8. The Bertz CT molecular complexity index is 1340. The first-order valence-corrected chi connectivity index (χ1v) is 10.8. The molecule has 0 amide bonds. The van der Waals surface area contributed by atoms with Crippen LogP contribution >= 0.6 is 0 Å². The maximum Gasteiger partial charge on any atom is 0.180 e. The molecule has 8 heteroatoms. The number of fused-ring (bicyclic) bond motifs is 1. The number of H-pyrrole nitrogens is 1. The minimum absolute atomic E-state index is 0.658. The van der Waals surface area contributed by atoms with Crippen LogP contribution in [0.2, 0.25) is 0 Å². The van der Waals surface area contributed by atoms with Gasteiger partial charge in [-0.1, -0.05) is 61.9 Å². The van der Waals surface area contributed by atoms with Crippen LogP contribution in [0.4, 0.5) is 0 Å². The van der Waals surface area contributed by atoms with Gasteiger partial charge in [-0.05, 0) is 46.9 Å². The molecule has 3 aromatic heterocycles. The van der Waals surface area contributed by atoms with Crippen LogP contribution in [-0.2, 0) is 12.8 Å². The van der Waals surface area contributed by atoms with Crippen LogP contribution in [0.15, 0.2) is 54.9 Å². The van der Waals surface area contributed by atoms with Crippen molar-refractivity contribution >= 4 is 5.65 Å². The summed E-state index contributed by atoms with van der Waals surface area (Å²) in [5.74, 6) is 1.53. The lowest BCUT2D eigenvalue weighted by Gasteiger charge is -2.13. The summed E-state index contributed by atoms with van der Waals surface area (Å²) < 4.78 is 1.83. The molecule has 0 fully saturated rings. The predicted molar refractivity (Wildman–Crippen MR) is 122 cm³/mol. The zero-order valence-electron chi connectivity index (χ0n) is 18.2. The van der Waals surface area contributed by atoms with E-state index in [1.54, 1.807) is 6.33 Å². The van der Waals surface area contributed by atoms with Gasteiger partial charge in [0.15, 0.2) is 11.5 Å². The molecular weight excluding hydrogens is 400 g/mol. The van der Waals surface area contributed by atoms with Crippen molar-refractivity contribution in [2.75, 3.05) is 0 Å². The summed E-state index contributed by atoms with van der Waals surface area (Å²) >= 11 is 0. The van der Waals surface area contributed by atoms with E-state index in [4.69, 9.17) is 4.98 Å². The molecule has 0 atom stereocenters. The molecule has 2 aromatic carbocycles. The third-order valence-corrected chi connectivity index (χ3v) is 5.71. The van der Waals surface area contributed by atoms with Crippen molar-refractivity contribution in [3.63, 3.8) is 0 Å². The molecule has 8 nitrogen and oxygen atoms in total. The maximum absolute atomic E-state index is 4.85. The van der Waals surface area contributed by atoms with Gasteiger partial charge in [-0.3, -0.25) is 0 Å². The molecule has 0 aliphatic carbocycles. The van der Waals surface area contributed by atoms with Crippen LogP contribution in [0.1, 0.15) is 42.4 Å². The Morgan fingerprint density at radius 2 is 1.81 bits per heavy atom. The molecule has 1 N–H and O–H groups in total. The van der Waals surface area contributed by atoms with Gasteiger partial charge in [-0.25, -0.2) is 15.1 Å². The van der Waals surface area contributed by atoms with Crippen LogP contribution < -0.4 is 0 Å². The lowest BCUT2D eigenvalue weighted by atomic mass is 9.96. The number of benzene rings is 2. The molecule has 0 bridgehead atoms. The molecule has 0 saturated heterocycles. The SMILES string of the molecule is CCCCc1nc(C)n2ncnc2c1Cc1ccc(-c2ccccc2-c2nnn[nH]2)cc1. The van der Waals surface area contributed by atoms with E-state index >= 15 is 0 Å². The van der Waals surface area contributed by atoms with E-state index in [0.717, 1.165) is 65.1 Å². The van der Waals surface area contributed by atoms with Crippen molar-refractivity contribution in [2.45, 2.75) is 39.5 Å². The molecule has 5 rings (SSSR count). The van der Waals surface area contributed by atoms with Crippen LogP contribution in [-0.4, -0.2) is 40.2 Å². The fourth-order valence-electron chi connectivity index (χ4n) is 4.08. The van der Waals surface area contributed by atoms with Gasteiger partial charge < -0.3 is 0 Å². The predicted octanol–water partition coefficient (Wildman–Crippen LogP) is 4.21. The summed E-state index contributed by atoms with van der Waals surface area (Å²) in [5.41, 5.74) is 7.55. The Kier molecular flexibility index (Phi) is 5.41. The average molecular weight is 425 g/mol. The molecule has 0 unspecified atom stereocenters. The van der Waals surface area contributed by atoms with Crippen molar-refractivity contribution in [3.8, 4) is 22.5 Å². The topological polar surface area (TPSA) is 97.5 Å². The monoisotopic (exact) mass is 424 g/mol. The second kappa shape index (κ2) is 8.66. The van der Waals surface area contributed by atoms with Gasteiger partial charge in [0.2, 0.25) is 0 Å². The zero-order chi connectivity index (χ0) is 21.9. The Hall–Kier alpha value is -3.94. The van der Waals surface area contributed by atoms with Gasteiger partial charge in [-0.15, -0.1) is 5.10 Å². The van der Waals surface area contributed by atoms with E-state index in [1.807, 2.05) is 29.6 Å². The van der Waals surface area contributed by atoms with Crippen LogP contribution in [0.3, 0.4) is 0 Å². The highest BCUT2D eigenvalue weighted by Gasteiger charge is 2.15. The van der Waals surface area contributed by atoms with E-state index in [1.165, 1.54) is 5.56 Å². The molecule has 0 radical (unpaired) electrons. The smallest absolute Gasteiger partial charge is 0.180 e. The van der Waals surface area contributed by atoms with E-state index in [0.29, 0.717) is 5.82 Å². The minimum Gasteiger partial charge on any atom is -0.239 e. The van der Waals surface area contributed by atoms with Crippen LogP contribution in [0.25, 0.3) is 28.2 Å². The van der Waals surface area contributed by atoms with Crippen molar-refractivity contribution < 1.29 is 0 Å². The highest BCUT2D eigenvalue weighted by atomic mass is 15.5. The van der Waals surface area contributed by atoms with Gasteiger partial charge in [0.25, 0.3) is 0 Å². The first kappa shape index (κ1) is 20.0. The summed E-state index contributed by atoms with van der Waals surface area (Å²) in [5, 5.41) is 18.7. The molecule has 0 saturated carbocycles. The number of aromatic amines is 1. The largest absolute Gasteiger partial charge is 0.239 e. The standard InChI is InChI=1S/C24H24N8/c1-3-4-9-22-21(24-25-15-26-32(24)16(2)27-22)14-17-10-12-18(13-11-17)19-7-5-6-8-20(19)23-28-30-31-29-23/h5-8,10-13,15H,3-4,9,14H2,1-2H3,(H,28,29,30,31). The Labute approximate surface area is 185 Å². The third kappa shape index (κ3) is 3.75. The number of aryl methyl sites for hydroxylation is 2. The van der Waals surface area contributed by atoms with Gasteiger partial charge in [0, 0.05) is 23.2 Å². The van der Waals surface area contributed by atoms with Gasteiger partial charge >= 0.3 is 0 Å². The van der Waals surface area contributed by atoms with E-state index in [-0.39, 0.29) is 0 Å².